The number of hydrogen-bond acceptors (Lipinski definition) is 3. The first-order valence-electron chi connectivity index (χ1n) is 12.4. The number of carbonyl (C=O) groups is 2. The monoisotopic (exact) mass is 464 g/mol. The first-order valence-corrected chi connectivity index (χ1v) is 12.4. The number of urea groups is 1. The summed E-state index contributed by atoms with van der Waals surface area (Å²) in [6.07, 6.45) is 1.54. The molecule has 2 aliphatic rings. The molecule has 3 amide bonds. The number of nitrogens with one attached hydrogen (secondary N) is 2. The van der Waals surface area contributed by atoms with E-state index in [2.05, 4.69) is 24.5 Å². The SMILES string of the molecule is CC(C)C[C@H](NC(=O)N1C[C@@H]2C[C@@H](C1)c1cccc(=O)n1C2)C(=O)Nc1ccc(C(C)C)cc1. The van der Waals surface area contributed by atoms with Gasteiger partial charge in [-0.15, -0.1) is 0 Å². The maximum Gasteiger partial charge on any atom is 0.318 e. The normalized spacial score (nSPS) is 20.1. The maximum atomic E-state index is 13.2. The molecule has 0 spiro atoms. The third kappa shape index (κ3) is 5.34. The van der Waals surface area contributed by atoms with E-state index in [-0.39, 0.29) is 35.3 Å². The van der Waals surface area contributed by atoms with E-state index >= 15 is 0 Å². The van der Waals surface area contributed by atoms with Crippen molar-refractivity contribution in [3.63, 3.8) is 0 Å². The van der Waals surface area contributed by atoms with Crippen molar-refractivity contribution in [3.8, 4) is 0 Å². The van der Waals surface area contributed by atoms with Crippen LogP contribution in [0, 0.1) is 11.8 Å². The van der Waals surface area contributed by atoms with Crippen LogP contribution in [0.2, 0.25) is 0 Å². The zero-order valence-corrected chi connectivity index (χ0v) is 20.6. The third-order valence-corrected chi connectivity index (χ3v) is 6.93. The molecule has 1 aromatic heterocycles. The van der Waals surface area contributed by atoms with Crippen LogP contribution in [0.25, 0.3) is 0 Å². The lowest BCUT2D eigenvalue weighted by Crippen LogP contribution is -2.55. The smallest absolute Gasteiger partial charge is 0.318 e. The highest BCUT2D eigenvalue weighted by Crippen LogP contribution is 2.35. The molecule has 0 saturated carbocycles. The number of anilines is 1. The van der Waals surface area contributed by atoms with Crippen molar-refractivity contribution < 1.29 is 9.59 Å². The van der Waals surface area contributed by atoms with Gasteiger partial charge in [0.2, 0.25) is 5.91 Å². The number of rotatable bonds is 6. The Balaban J connectivity index is 1.43. The van der Waals surface area contributed by atoms with E-state index in [1.807, 2.05) is 53.6 Å². The molecule has 0 aliphatic carbocycles. The molecule has 3 heterocycles. The molecule has 0 radical (unpaired) electrons. The minimum atomic E-state index is -0.617. The summed E-state index contributed by atoms with van der Waals surface area (Å²) in [6.45, 7) is 10.1. The highest BCUT2D eigenvalue weighted by molar-refractivity contribution is 5.97. The van der Waals surface area contributed by atoms with Gasteiger partial charge in [0.05, 0.1) is 0 Å². The first kappa shape index (κ1) is 24.0. The van der Waals surface area contributed by atoms with Gasteiger partial charge in [0.1, 0.15) is 6.04 Å². The van der Waals surface area contributed by atoms with Gasteiger partial charge in [-0.05, 0) is 54.4 Å². The fourth-order valence-corrected chi connectivity index (χ4v) is 5.19. The number of piperidine rings is 1. The summed E-state index contributed by atoms with van der Waals surface area (Å²) >= 11 is 0. The minimum absolute atomic E-state index is 0.0280. The fraction of sp³-hybridized carbons (Fsp3) is 0.519. The van der Waals surface area contributed by atoms with E-state index in [0.717, 1.165) is 17.8 Å². The third-order valence-electron chi connectivity index (χ3n) is 6.93. The first-order chi connectivity index (χ1) is 16.2. The van der Waals surface area contributed by atoms with Crippen molar-refractivity contribution in [1.29, 1.82) is 0 Å². The van der Waals surface area contributed by atoms with Gasteiger partial charge in [0.25, 0.3) is 5.56 Å². The predicted octanol–water partition coefficient (Wildman–Crippen LogP) is 4.15. The maximum absolute atomic E-state index is 13.2. The number of nitrogens with zero attached hydrogens (tertiary/aromatic N) is 2. The second-order valence-corrected chi connectivity index (χ2v) is 10.5. The molecule has 1 aromatic carbocycles. The molecular weight excluding hydrogens is 428 g/mol. The van der Waals surface area contributed by atoms with Crippen molar-refractivity contribution >= 4 is 17.6 Å². The van der Waals surface area contributed by atoms with E-state index in [1.54, 1.807) is 12.1 Å². The van der Waals surface area contributed by atoms with Gasteiger partial charge in [-0.1, -0.05) is 45.9 Å². The topological polar surface area (TPSA) is 83.4 Å². The Morgan fingerprint density at radius 1 is 1.00 bits per heavy atom. The molecule has 2 aliphatic heterocycles. The summed E-state index contributed by atoms with van der Waals surface area (Å²) in [6, 6.07) is 12.4. The summed E-state index contributed by atoms with van der Waals surface area (Å²) in [4.78, 5) is 40.4. The Kier molecular flexibility index (Phi) is 7.10. The Hall–Kier alpha value is -3.09. The van der Waals surface area contributed by atoms with Gasteiger partial charge in [-0.3, -0.25) is 9.59 Å². The highest BCUT2D eigenvalue weighted by atomic mass is 16.2. The second kappa shape index (κ2) is 10.0. The Morgan fingerprint density at radius 3 is 2.41 bits per heavy atom. The molecular formula is C27H36N4O3. The summed E-state index contributed by atoms with van der Waals surface area (Å²) in [5.74, 6) is 0.859. The Bertz CT molecular complexity index is 1090. The zero-order valence-electron chi connectivity index (χ0n) is 20.6. The van der Waals surface area contributed by atoms with Gasteiger partial charge in [-0.2, -0.15) is 0 Å². The highest BCUT2D eigenvalue weighted by Gasteiger charge is 2.37. The average Bonchev–Trinajstić information content (AvgIpc) is 2.79. The predicted molar refractivity (Wildman–Crippen MR) is 134 cm³/mol. The van der Waals surface area contributed by atoms with Crippen LogP contribution < -0.4 is 16.2 Å². The van der Waals surface area contributed by atoms with Crippen molar-refractivity contribution in [3.05, 3.63) is 64.1 Å². The molecule has 1 saturated heterocycles. The van der Waals surface area contributed by atoms with Crippen LogP contribution in [0.15, 0.2) is 47.3 Å². The summed E-state index contributed by atoms with van der Waals surface area (Å²) < 4.78 is 1.85. The summed E-state index contributed by atoms with van der Waals surface area (Å²) in [5, 5.41) is 5.97. The molecule has 1 fully saturated rings. The van der Waals surface area contributed by atoms with E-state index in [4.69, 9.17) is 0 Å². The Labute approximate surface area is 201 Å². The minimum Gasteiger partial charge on any atom is -0.326 e. The largest absolute Gasteiger partial charge is 0.326 e. The zero-order chi connectivity index (χ0) is 24.4. The lowest BCUT2D eigenvalue weighted by atomic mass is 9.83. The number of aromatic nitrogens is 1. The van der Waals surface area contributed by atoms with Crippen molar-refractivity contribution in [2.75, 3.05) is 18.4 Å². The van der Waals surface area contributed by atoms with Crippen LogP contribution in [0.5, 0.6) is 0 Å². The van der Waals surface area contributed by atoms with Crippen LogP contribution in [-0.2, 0) is 11.3 Å². The van der Waals surface area contributed by atoms with Crippen LogP contribution >= 0.6 is 0 Å². The molecule has 2 N–H and O–H groups in total. The number of likely N-dealkylation sites (tertiary alicyclic amines) is 1. The number of pyridine rings is 1. The summed E-state index contributed by atoms with van der Waals surface area (Å²) in [5.41, 5.74) is 2.97. The number of fused-ring (bicyclic) bond motifs is 4. The van der Waals surface area contributed by atoms with Crippen molar-refractivity contribution in [2.45, 2.75) is 65.0 Å². The molecule has 2 bridgehead atoms. The average molecular weight is 465 g/mol. The van der Waals surface area contributed by atoms with Gasteiger partial charge in [0, 0.05) is 43.0 Å². The Morgan fingerprint density at radius 2 is 1.74 bits per heavy atom. The molecule has 3 atom stereocenters. The van der Waals surface area contributed by atoms with E-state index in [1.165, 1.54) is 5.56 Å². The van der Waals surface area contributed by atoms with Crippen molar-refractivity contribution in [2.24, 2.45) is 11.8 Å². The lowest BCUT2D eigenvalue weighted by Gasteiger charge is -2.43. The molecule has 34 heavy (non-hydrogen) atoms. The number of benzene rings is 1. The molecule has 2 aromatic rings. The van der Waals surface area contributed by atoms with E-state index < -0.39 is 6.04 Å². The number of amides is 3. The standard InChI is InChI=1S/C27H36N4O3/c1-17(2)12-23(26(33)28-22-10-8-20(9-11-22)18(3)4)29-27(34)30-14-19-13-21(16-30)24-6-5-7-25(32)31(24)15-19/h5-11,17-19,21,23H,12-16H2,1-4H3,(H,28,33)(H,29,34)/t19-,21-,23-/m0/s1. The van der Waals surface area contributed by atoms with Crippen molar-refractivity contribution in [1.82, 2.24) is 14.8 Å². The van der Waals surface area contributed by atoms with Gasteiger partial charge in [-0.25, -0.2) is 4.79 Å². The van der Waals surface area contributed by atoms with Crippen LogP contribution in [0.3, 0.4) is 0 Å². The molecule has 7 nitrogen and oxygen atoms in total. The molecule has 4 rings (SSSR count). The van der Waals surface area contributed by atoms with Gasteiger partial charge < -0.3 is 20.1 Å². The molecule has 7 heteroatoms. The molecule has 182 valence electrons. The quantitative estimate of drug-likeness (QED) is 0.674. The van der Waals surface area contributed by atoms with Crippen LogP contribution in [0.1, 0.15) is 63.6 Å². The van der Waals surface area contributed by atoms with E-state index in [9.17, 15) is 14.4 Å². The van der Waals surface area contributed by atoms with Crippen LogP contribution in [-0.4, -0.2) is 40.5 Å². The lowest BCUT2D eigenvalue weighted by molar-refractivity contribution is -0.118. The fourth-order valence-electron chi connectivity index (χ4n) is 5.19. The van der Waals surface area contributed by atoms with Gasteiger partial charge in [0.15, 0.2) is 0 Å². The van der Waals surface area contributed by atoms with Gasteiger partial charge >= 0.3 is 6.03 Å². The number of hydrogen-bond donors (Lipinski definition) is 2. The van der Waals surface area contributed by atoms with E-state index in [0.29, 0.717) is 32.0 Å². The molecule has 0 unspecified atom stereocenters. The summed E-state index contributed by atoms with van der Waals surface area (Å²) in [7, 11) is 0. The van der Waals surface area contributed by atoms with Crippen LogP contribution in [0.4, 0.5) is 10.5 Å². The second-order valence-electron chi connectivity index (χ2n) is 10.5. The number of carbonyl (C=O) groups excluding carboxylic acids is 2.